The van der Waals surface area contributed by atoms with Crippen molar-refractivity contribution >= 4 is 50.2 Å². The lowest BCUT2D eigenvalue weighted by atomic mass is 10.1. The summed E-state index contributed by atoms with van der Waals surface area (Å²) in [6.45, 7) is 2.47. The van der Waals surface area contributed by atoms with Crippen LogP contribution in [0.4, 0.5) is 5.69 Å². The Balaban J connectivity index is 1.50. The molecule has 4 rings (SSSR count). The maximum absolute atomic E-state index is 12.6. The highest BCUT2D eigenvalue weighted by atomic mass is 79.9. The lowest BCUT2D eigenvalue weighted by Gasteiger charge is -2.09. The number of fused-ring (bicyclic) bond motifs is 1. The van der Waals surface area contributed by atoms with Gasteiger partial charge in [-0.05, 0) is 76.9 Å². The Bertz CT molecular complexity index is 1210. The van der Waals surface area contributed by atoms with Crippen LogP contribution < -0.4 is 10.1 Å². The third kappa shape index (κ3) is 4.66. The lowest BCUT2D eigenvalue weighted by Crippen LogP contribution is -2.12. The average molecular weight is 486 g/mol. The number of amides is 1. The highest BCUT2D eigenvalue weighted by Crippen LogP contribution is 2.27. The van der Waals surface area contributed by atoms with Gasteiger partial charge in [-0.3, -0.25) is 4.79 Å². The molecular weight excluding hydrogens is 468 g/mol. The van der Waals surface area contributed by atoms with Gasteiger partial charge in [0.1, 0.15) is 11.3 Å². The molecule has 0 fully saturated rings. The standard InChI is InChI=1S/C23H18BrClN2O3/c1-2-29-20-9-5-15(12-18(20)24)23(28)26-17-8-10-21-19(13-17)27-22(30-21)11-14-3-6-16(25)7-4-14/h3-10,12-13H,2,11H2,1H3,(H,26,28). The highest BCUT2D eigenvalue weighted by Gasteiger charge is 2.12. The van der Waals surface area contributed by atoms with Crippen LogP contribution >= 0.6 is 27.5 Å². The van der Waals surface area contributed by atoms with Crippen LogP contribution in [0, 0.1) is 0 Å². The van der Waals surface area contributed by atoms with Crippen LogP contribution in [0.1, 0.15) is 28.7 Å². The van der Waals surface area contributed by atoms with Crippen molar-refractivity contribution in [3.05, 3.63) is 87.2 Å². The Kier molecular flexibility index (Phi) is 6.06. The maximum Gasteiger partial charge on any atom is 0.255 e. The monoisotopic (exact) mass is 484 g/mol. The number of halogens is 2. The number of nitrogens with one attached hydrogen (secondary N) is 1. The Morgan fingerprint density at radius 3 is 2.67 bits per heavy atom. The number of carbonyl (C=O) groups is 1. The van der Waals surface area contributed by atoms with Crippen molar-refractivity contribution in [1.82, 2.24) is 4.98 Å². The van der Waals surface area contributed by atoms with Crippen LogP contribution in [0.5, 0.6) is 5.75 Å². The summed E-state index contributed by atoms with van der Waals surface area (Å²) in [6.07, 6.45) is 0.563. The van der Waals surface area contributed by atoms with Crippen molar-refractivity contribution in [1.29, 1.82) is 0 Å². The largest absolute Gasteiger partial charge is 0.493 e. The molecule has 1 N–H and O–H groups in total. The van der Waals surface area contributed by atoms with Gasteiger partial charge in [0.25, 0.3) is 5.91 Å². The number of rotatable bonds is 6. The van der Waals surface area contributed by atoms with E-state index < -0.39 is 0 Å². The number of anilines is 1. The summed E-state index contributed by atoms with van der Waals surface area (Å²) in [5, 5.41) is 3.59. The molecule has 0 atom stereocenters. The fourth-order valence-electron chi connectivity index (χ4n) is 3.02. The van der Waals surface area contributed by atoms with Crippen molar-refractivity contribution in [3.63, 3.8) is 0 Å². The van der Waals surface area contributed by atoms with Crippen LogP contribution in [0.2, 0.25) is 5.02 Å². The minimum Gasteiger partial charge on any atom is -0.493 e. The molecule has 3 aromatic carbocycles. The molecule has 0 bridgehead atoms. The van der Waals surface area contributed by atoms with Crippen LogP contribution in [-0.4, -0.2) is 17.5 Å². The maximum atomic E-state index is 12.6. The third-order valence-electron chi connectivity index (χ3n) is 4.45. The van der Waals surface area contributed by atoms with Crippen LogP contribution in [0.3, 0.4) is 0 Å². The molecule has 0 aliphatic heterocycles. The second kappa shape index (κ2) is 8.90. The first-order chi connectivity index (χ1) is 14.5. The molecule has 0 saturated carbocycles. The molecule has 0 spiro atoms. The van der Waals surface area contributed by atoms with Crippen molar-refractivity contribution < 1.29 is 13.9 Å². The second-order valence-electron chi connectivity index (χ2n) is 6.63. The van der Waals surface area contributed by atoms with E-state index in [-0.39, 0.29) is 5.91 Å². The zero-order chi connectivity index (χ0) is 21.1. The predicted octanol–water partition coefficient (Wildman–Crippen LogP) is 6.49. The van der Waals surface area contributed by atoms with Crippen molar-refractivity contribution in [2.75, 3.05) is 11.9 Å². The molecule has 5 nitrogen and oxygen atoms in total. The van der Waals surface area contributed by atoms with Crippen LogP contribution in [-0.2, 0) is 6.42 Å². The number of hydrogen-bond acceptors (Lipinski definition) is 4. The smallest absolute Gasteiger partial charge is 0.255 e. The van der Waals surface area contributed by atoms with Crippen LogP contribution in [0.15, 0.2) is 69.6 Å². The number of carbonyl (C=O) groups excluding carboxylic acids is 1. The van der Waals surface area contributed by atoms with Gasteiger partial charge >= 0.3 is 0 Å². The third-order valence-corrected chi connectivity index (χ3v) is 5.32. The number of aromatic nitrogens is 1. The molecule has 7 heteroatoms. The molecule has 30 heavy (non-hydrogen) atoms. The lowest BCUT2D eigenvalue weighted by molar-refractivity contribution is 0.102. The molecule has 0 aliphatic carbocycles. The van der Waals surface area contributed by atoms with Gasteiger partial charge in [0.15, 0.2) is 11.5 Å². The van der Waals surface area contributed by atoms with Crippen molar-refractivity contribution in [3.8, 4) is 5.75 Å². The van der Waals surface area contributed by atoms with Crippen molar-refractivity contribution in [2.45, 2.75) is 13.3 Å². The average Bonchev–Trinajstić information content (AvgIpc) is 3.13. The molecule has 4 aromatic rings. The zero-order valence-electron chi connectivity index (χ0n) is 16.1. The number of hydrogen-bond donors (Lipinski definition) is 1. The van der Waals surface area contributed by atoms with E-state index in [1.54, 1.807) is 36.4 Å². The molecule has 1 heterocycles. The van der Waals surface area contributed by atoms with E-state index in [1.807, 2.05) is 31.2 Å². The molecule has 0 aliphatic rings. The first kappa shape index (κ1) is 20.4. The van der Waals surface area contributed by atoms with E-state index in [0.717, 1.165) is 10.0 Å². The van der Waals surface area contributed by atoms with E-state index in [1.165, 1.54) is 0 Å². The molecule has 152 valence electrons. The summed E-state index contributed by atoms with van der Waals surface area (Å²) in [5.74, 6) is 1.08. The minimum absolute atomic E-state index is 0.219. The molecular formula is C23H18BrClN2O3. The minimum atomic E-state index is -0.219. The van der Waals surface area contributed by atoms with E-state index >= 15 is 0 Å². The fraction of sp³-hybridized carbons (Fsp3) is 0.130. The normalized spacial score (nSPS) is 10.9. The van der Waals surface area contributed by atoms with Crippen molar-refractivity contribution in [2.24, 2.45) is 0 Å². The highest BCUT2D eigenvalue weighted by molar-refractivity contribution is 9.10. The summed E-state index contributed by atoms with van der Waals surface area (Å²) in [5.41, 5.74) is 3.57. The van der Waals surface area contributed by atoms with Gasteiger partial charge in [-0.1, -0.05) is 23.7 Å². The second-order valence-corrected chi connectivity index (χ2v) is 7.92. The van der Waals surface area contributed by atoms with Gasteiger partial charge in [-0.15, -0.1) is 0 Å². The zero-order valence-corrected chi connectivity index (χ0v) is 18.5. The van der Waals surface area contributed by atoms with Gasteiger partial charge in [-0.2, -0.15) is 0 Å². The Morgan fingerprint density at radius 1 is 1.13 bits per heavy atom. The van der Waals surface area contributed by atoms with Gasteiger partial charge in [0.2, 0.25) is 0 Å². The summed E-state index contributed by atoms with van der Waals surface area (Å²) in [7, 11) is 0. The number of ether oxygens (including phenoxy) is 1. The Hall–Kier alpha value is -2.83. The van der Waals surface area contributed by atoms with E-state index in [9.17, 15) is 4.79 Å². The molecule has 0 unspecified atom stereocenters. The predicted molar refractivity (Wildman–Crippen MR) is 122 cm³/mol. The molecule has 0 saturated heterocycles. The fourth-order valence-corrected chi connectivity index (χ4v) is 3.64. The first-order valence-corrected chi connectivity index (χ1v) is 10.6. The van der Waals surface area contributed by atoms with Gasteiger partial charge in [-0.25, -0.2) is 4.98 Å². The first-order valence-electron chi connectivity index (χ1n) is 9.39. The Morgan fingerprint density at radius 2 is 1.93 bits per heavy atom. The summed E-state index contributed by atoms with van der Waals surface area (Å²) in [6, 6.07) is 18.2. The quantitative estimate of drug-likeness (QED) is 0.339. The van der Waals surface area contributed by atoms with E-state index in [2.05, 4.69) is 26.2 Å². The Labute approximate surface area is 187 Å². The molecule has 1 aromatic heterocycles. The van der Waals surface area contributed by atoms with Gasteiger partial charge < -0.3 is 14.5 Å². The van der Waals surface area contributed by atoms with Gasteiger partial charge in [0.05, 0.1) is 11.1 Å². The van der Waals surface area contributed by atoms with Crippen LogP contribution in [0.25, 0.3) is 11.1 Å². The summed E-state index contributed by atoms with van der Waals surface area (Å²) in [4.78, 5) is 17.2. The summed E-state index contributed by atoms with van der Waals surface area (Å²) < 4.78 is 12.0. The SMILES string of the molecule is CCOc1ccc(C(=O)Nc2ccc3oc(Cc4ccc(Cl)cc4)nc3c2)cc1Br. The summed E-state index contributed by atoms with van der Waals surface area (Å²) >= 11 is 9.36. The number of benzene rings is 3. The topological polar surface area (TPSA) is 64.4 Å². The van der Waals surface area contributed by atoms with E-state index in [0.29, 0.717) is 52.0 Å². The molecule has 0 radical (unpaired) electrons. The van der Waals surface area contributed by atoms with E-state index in [4.69, 9.17) is 20.8 Å². The van der Waals surface area contributed by atoms with Gasteiger partial charge in [0, 0.05) is 22.7 Å². The number of oxazole rings is 1. The molecule has 1 amide bonds. The number of nitrogens with zero attached hydrogens (tertiary/aromatic N) is 1.